The van der Waals surface area contributed by atoms with Crippen LogP contribution < -0.4 is 15.2 Å². The van der Waals surface area contributed by atoms with E-state index < -0.39 is 10.0 Å². The Kier molecular flexibility index (Phi) is 6.13. The van der Waals surface area contributed by atoms with E-state index >= 15 is 0 Å². The molecule has 158 valence electrons. The summed E-state index contributed by atoms with van der Waals surface area (Å²) in [4.78, 5) is 0.0789. The van der Waals surface area contributed by atoms with Crippen LogP contribution in [0.1, 0.15) is 11.1 Å². The fourth-order valence-corrected chi connectivity index (χ4v) is 3.97. The smallest absolute Gasteiger partial charge is 0.238 e. The molecule has 4 aromatic carbocycles. The molecule has 0 bridgehead atoms. The zero-order valence-corrected chi connectivity index (χ0v) is 18.2. The molecular weight excluding hydrogens is 432 g/mol. The van der Waals surface area contributed by atoms with Crippen LogP contribution in [0.2, 0.25) is 5.02 Å². The fraction of sp³-hybridized carbons (Fsp3) is 0.0833. The van der Waals surface area contributed by atoms with Crippen molar-refractivity contribution in [2.24, 2.45) is 5.14 Å². The molecule has 0 aliphatic carbocycles. The van der Waals surface area contributed by atoms with Gasteiger partial charge in [0.15, 0.2) is 0 Å². The summed E-state index contributed by atoms with van der Waals surface area (Å²) in [5, 5.41) is 11.4. The number of rotatable bonds is 7. The first-order chi connectivity index (χ1) is 14.9. The number of nitrogens with one attached hydrogen (secondary N) is 1. The number of halogens is 1. The quantitative estimate of drug-likeness (QED) is 0.397. The first-order valence-electron chi connectivity index (χ1n) is 9.65. The third-order valence-corrected chi connectivity index (χ3v) is 6.14. The van der Waals surface area contributed by atoms with E-state index in [1.54, 1.807) is 12.1 Å². The second-order valence-electron chi connectivity index (χ2n) is 7.10. The summed E-state index contributed by atoms with van der Waals surface area (Å²) in [5.41, 5.74) is 2.82. The van der Waals surface area contributed by atoms with Gasteiger partial charge in [0.2, 0.25) is 10.0 Å². The van der Waals surface area contributed by atoms with E-state index in [1.165, 1.54) is 12.1 Å². The number of anilines is 1. The summed E-state index contributed by atoms with van der Waals surface area (Å²) in [5.74, 6) is 0.780. The van der Waals surface area contributed by atoms with Gasteiger partial charge in [0.1, 0.15) is 12.4 Å². The second-order valence-corrected chi connectivity index (χ2v) is 9.10. The van der Waals surface area contributed by atoms with Crippen LogP contribution in [0, 0.1) is 0 Å². The lowest BCUT2D eigenvalue weighted by Gasteiger charge is -2.16. The van der Waals surface area contributed by atoms with Crippen LogP contribution in [0.3, 0.4) is 0 Å². The molecule has 0 saturated carbocycles. The number of nitrogens with two attached hydrogens (primary N) is 1. The molecule has 5 nitrogen and oxygen atoms in total. The molecule has 0 fully saturated rings. The van der Waals surface area contributed by atoms with Gasteiger partial charge in [0.05, 0.1) is 4.90 Å². The Hall–Kier alpha value is -3.06. The monoisotopic (exact) mass is 452 g/mol. The van der Waals surface area contributed by atoms with E-state index in [0.29, 0.717) is 18.2 Å². The van der Waals surface area contributed by atoms with E-state index in [2.05, 4.69) is 17.4 Å². The van der Waals surface area contributed by atoms with Gasteiger partial charge in [-0.3, -0.25) is 0 Å². The van der Waals surface area contributed by atoms with Crippen LogP contribution in [-0.2, 0) is 23.2 Å². The molecule has 0 aromatic heterocycles. The maximum absolute atomic E-state index is 11.5. The minimum atomic E-state index is -3.71. The first kappa shape index (κ1) is 21.2. The van der Waals surface area contributed by atoms with Crippen molar-refractivity contribution in [3.8, 4) is 5.75 Å². The molecule has 0 radical (unpaired) electrons. The summed E-state index contributed by atoms with van der Waals surface area (Å²) in [6.45, 7) is 0.928. The zero-order valence-electron chi connectivity index (χ0n) is 16.6. The van der Waals surface area contributed by atoms with Crippen LogP contribution in [0.4, 0.5) is 5.69 Å². The van der Waals surface area contributed by atoms with Gasteiger partial charge in [0, 0.05) is 22.8 Å². The zero-order chi connectivity index (χ0) is 21.8. The molecule has 0 aliphatic heterocycles. The summed E-state index contributed by atoms with van der Waals surface area (Å²) in [7, 11) is -3.71. The molecule has 0 amide bonds. The lowest BCUT2D eigenvalue weighted by Crippen LogP contribution is -2.12. The predicted molar refractivity (Wildman–Crippen MR) is 125 cm³/mol. The maximum Gasteiger partial charge on any atom is 0.238 e. The summed E-state index contributed by atoms with van der Waals surface area (Å²) >= 11 is 5.96. The Balaban J connectivity index is 1.58. The van der Waals surface area contributed by atoms with E-state index in [1.807, 2.05) is 48.5 Å². The molecule has 4 aromatic rings. The van der Waals surface area contributed by atoms with Crippen molar-refractivity contribution in [2.45, 2.75) is 18.0 Å². The highest BCUT2D eigenvalue weighted by molar-refractivity contribution is 7.89. The Morgan fingerprint density at radius 2 is 1.58 bits per heavy atom. The molecule has 0 aliphatic rings. The Morgan fingerprint density at radius 3 is 2.29 bits per heavy atom. The number of hydrogen-bond donors (Lipinski definition) is 2. The minimum absolute atomic E-state index is 0.0789. The summed E-state index contributed by atoms with van der Waals surface area (Å²) < 4.78 is 29.1. The van der Waals surface area contributed by atoms with Crippen LogP contribution >= 0.6 is 11.6 Å². The van der Waals surface area contributed by atoms with E-state index in [-0.39, 0.29) is 4.90 Å². The molecule has 4 rings (SSSR count). The molecule has 0 saturated heterocycles. The van der Waals surface area contributed by atoms with Crippen molar-refractivity contribution in [3.05, 3.63) is 101 Å². The van der Waals surface area contributed by atoms with Gasteiger partial charge in [-0.15, -0.1) is 0 Å². The van der Waals surface area contributed by atoms with Crippen molar-refractivity contribution in [1.29, 1.82) is 0 Å². The topological polar surface area (TPSA) is 81.4 Å². The first-order valence-corrected chi connectivity index (χ1v) is 11.6. The van der Waals surface area contributed by atoms with Crippen LogP contribution in [0.5, 0.6) is 5.75 Å². The average molecular weight is 453 g/mol. The largest absolute Gasteiger partial charge is 0.489 e. The van der Waals surface area contributed by atoms with Gasteiger partial charge in [-0.05, 0) is 58.8 Å². The lowest BCUT2D eigenvalue weighted by molar-refractivity contribution is 0.304. The van der Waals surface area contributed by atoms with Gasteiger partial charge < -0.3 is 10.1 Å². The number of ether oxygens (including phenoxy) is 1. The molecule has 3 N–H and O–H groups in total. The minimum Gasteiger partial charge on any atom is -0.489 e. The number of fused-ring (bicyclic) bond motifs is 1. The van der Waals surface area contributed by atoms with Crippen LogP contribution in [-0.4, -0.2) is 8.42 Å². The van der Waals surface area contributed by atoms with Crippen LogP contribution in [0.25, 0.3) is 10.8 Å². The van der Waals surface area contributed by atoms with Crippen molar-refractivity contribution >= 4 is 38.1 Å². The molecule has 0 atom stereocenters. The van der Waals surface area contributed by atoms with Crippen molar-refractivity contribution in [1.82, 2.24) is 0 Å². The van der Waals surface area contributed by atoms with Gasteiger partial charge in [-0.25, -0.2) is 13.6 Å². The van der Waals surface area contributed by atoms with E-state index in [9.17, 15) is 8.42 Å². The number of hydrogen-bond acceptors (Lipinski definition) is 4. The van der Waals surface area contributed by atoms with Crippen molar-refractivity contribution in [2.75, 3.05) is 5.32 Å². The Labute approximate surface area is 186 Å². The SMILES string of the molecule is NS(=O)(=O)c1ccc(NCc2c(OCc3ccc(Cl)cc3)ccc3ccccc23)cc1. The van der Waals surface area contributed by atoms with E-state index in [4.69, 9.17) is 21.5 Å². The Bertz CT molecular complexity index is 1310. The van der Waals surface area contributed by atoms with Gasteiger partial charge >= 0.3 is 0 Å². The number of primary sulfonamides is 1. The lowest BCUT2D eigenvalue weighted by atomic mass is 10.0. The third kappa shape index (κ3) is 5.17. The van der Waals surface area contributed by atoms with Crippen molar-refractivity contribution < 1.29 is 13.2 Å². The highest BCUT2D eigenvalue weighted by Gasteiger charge is 2.11. The number of sulfonamides is 1. The second kappa shape index (κ2) is 8.98. The van der Waals surface area contributed by atoms with Gasteiger partial charge in [-0.1, -0.05) is 54.1 Å². The van der Waals surface area contributed by atoms with Crippen molar-refractivity contribution in [3.63, 3.8) is 0 Å². The number of benzene rings is 4. The van der Waals surface area contributed by atoms with E-state index in [0.717, 1.165) is 33.3 Å². The maximum atomic E-state index is 11.5. The molecular formula is C24H21ClN2O3S. The fourth-order valence-electron chi connectivity index (χ4n) is 3.33. The predicted octanol–water partition coefficient (Wildman–Crippen LogP) is 5.33. The van der Waals surface area contributed by atoms with Crippen LogP contribution in [0.15, 0.2) is 89.8 Å². The molecule has 0 unspecified atom stereocenters. The standard InChI is InChI=1S/C24H21ClN2O3S/c25-19-8-5-17(6-9-19)16-30-24-14-7-18-3-1-2-4-22(18)23(24)15-27-20-10-12-21(13-11-20)31(26,28)29/h1-14,27H,15-16H2,(H2,26,28,29). The Morgan fingerprint density at radius 1 is 0.871 bits per heavy atom. The molecule has 0 heterocycles. The highest BCUT2D eigenvalue weighted by Crippen LogP contribution is 2.30. The molecule has 7 heteroatoms. The van der Waals surface area contributed by atoms with Gasteiger partial charge in [0.25, 0.3) is 0 Å². The molecule has 0 spiro atoms. The normalized spacial score (nSPS) is 11.4. The van der Waals surface area contributed by atoms with Gasteiger partial charge in [-0.2, -0.15) is 0 Å². The summed E-state index contributed by atoms with van der Waals surface area (Å²) in [6.07, 6.45) is 0. The average Bonchev–Trinajstić information content (AvgIpc) is 2.77. The highest BCUT2D eigenvalue weighted by atomic mass is 35.5. The summed E-state index contributed by atoms with van der Waals surface area (Å²) in [6, 6.07) is 26.0. The molecule has 31 heavy (non-hydrogen) atoms. The third-order valence-electron chi connectivity index (χ3n) is 4.96.